The lowest BCUT2D eigenvalue weighted by atomic mass is 10.0. The molecule has 6 nitrogen and oxygen atoms in total. The van der Waals surface area contributed by atoms with Gasteiger partial charge in [-0.05, 0) is 57.8 Å². The SMILES string of the molecule is CCCCC/C=C\C/C=C\C/C=C\C/C=C\CCCC(=O)OCC(COC(=O)CCCCCCCCCCC)OC(=O)CCCCCCCCCCCCCCCCC. The summed E-state index contributed by atoms with van der Waals surface area (Å²) in [5.41, 5.74) is 0. The third kappa shape index (κ3) is 46.3. The van der Waals surface area contributed by atoms with Crippen LogP contribution in [0.5, 0.6) is 0 Å². The number of esters is 3. The number of rotatable bonds is 45. The number of hydrogen-bond acceptors (Lipinski definition) is 6. The molecule has 0 aliphatic rings. The lowest BCUT2D eigenvalue weighted by Gasteiger charge is -2.18. The monoisotopic (exact) mass is 827 g/mol. The van der Waals surface area contributed by atoms with Crippen molar-refractivity contribution >= 4 is 17.9 Å². The minimum absolute atomic E-state index is 0.0869. The van der Waals surface area contributed by atoms with E-state index >= 15 is 0 Å². The molecule has 0 heterocycles. The predicted molar refractivity (Wildman–Crippen MR) is 252 cm³/mol. The van der Waals surface area contributed by atoms with Crippen LogP contribution < -0.4 is 0 Å². The Morgan fingerprint density at radius 2 is 0.627 bits per heavy atom. The van der Waals surface area contributed by atoms with Gasteiger partial charge in [-0.3, -0.25) is 14.4 Å². The van der Waals surface area contributed by atoms with Crippen molar-refractivity contribution in [1.29, 1.82) is 0 Å². The molecule has 1 atom stereocenters. The minimum atomic E-state index is -0.789. The standard InChI is InChI=1S/C53H94O6/c1-4-7-10-13-16-19-21-23-25-26-28-29-31-34-37-40-43-46-52(55)58-49-50(48-57-51(54)45-42-39-36-33-18-15-12-9-6-3)59-53(56)47-44-41-38-35-32-30-27-24-22-20-17-14-11-8-5-2/h16,19,23,25,28-29,34,37,50H,4-15,17-18,20-22,24,26-27,30-33,35-36,38-49H2,1-3H3/b19-16-,25-23-,29-28-,37-34-. The van der Waals surface area contributed by atoms with Crippen molar-refractivity contribution in [3.8, 4) is 0 Å². The molecule has 0 aromatic carbocycles. The molecule has 0 bridgehead atoms. The normalized spacial score (nSPS) is 12.4. The highest BCUT2D eigenvalue weighted by atomic mass is 16.6. The van der Waals surface area contributed by atoms with Crippen LogP contribution in [0, 0.1) is 0 Å². The fourth-order valence-electron chi connectivity index (χ4n) is 7.02. The van der Waals surface area contributed by atoms with Crippen molar-refractivity contribution in [2.24, 2.45) is 0 Å². The number of ether oxygens (including phenoxy) is 3. The van der Waals surface area contributed by atoms with Gasteiger partial charge in [0.15, 0.2) is 6.10 Å². The summed E-state index contributed by atoms with van der Waals surface area (Å²) in [4.78, 5) is 37.8. The van der Waals surface area contributed by atoms with Gasteiger partial charge in [-0.1, -0.05) is 223 Å². The highest BCUT2D eigenvalue weighted by Gasteiger charge is 2.19. The molecule has 0 aromatic heterocycles. The molecule has 0 aromatic rings. The van der Waals surface area contributed by atoms with Crippen molar-refractivity contribution in [2.45, 2.75) is 258 Å². The molecule has 0 rings (SSSR count). The maximum Gasteiger partial charge on any atom is 0.306 e. The summed E-state index contributed by atoms with van der Waals surface area (Å²) < 4.78 is 16.7. The van der Waals surface area contributed by atoms with Crippen LogP contribution in [0.2, 0.25) is 0 Å². The van der Waals surface area contributed by atoms with Gasteiger partial charge >= 0.3 is 17.9 Å². The van der Waals surface area contributed by atoms with Crippen LogP contribution >= 0.6 is 0 Å². The Morgan fingerprint density at radius 3 is 1.02 bits per heavy atom. The molecule has 0 aliphatic heterocycles. The first-order valence-electron chi connectivity index (χ1n) is 25.1. The average Bonchev–Trinajstić information content (AvgIpc) is 3.23. The highest BCUT2D eigenvalue weighted by Crippen LogP contribution is 2.15. The molecule has 0 fully saturated rings. The molecule has 0 radical (unpaired) electrons. The largest absolute Gasteiger partial charge is 0.462 e. The summed E-state index contributed by atoms with van der Waals surface area (Å²) in [6, 6.07) is 0. The van der Waals surface area contributed by atoms with E-state index in [2.05, 4.69) is 69.4 Å². The topological polar surface area (TPSA) is 78.9 Å². The summed E-state index contributed by atoms with van der Waals surface area (Å²) in [6.45, 7) is 6.55. The van der Waals surface area contributed by atoms with Crippen LogP contribution in [0.15, 0.2) is 48.6 Å². The Kier molecular flexibility index (Phi) is 45.9. The van der Waals surface area contributed by atoms with Gasteiger partial charge in [-0.25, -0.2) is 0 Å². The smallest absolute Gasteiger partial charge is 0.306 e. The second-order valence-electron chi connectivity index (χ2n) is 16.7. The molecule has 0 saturated carbocycles. The van der Waals surface area contributed by atoms with E-state index in [-0.39, 0.29) is 37.5 Å². The zero-order valence-corrected chi connectivity index (χ0v) is 39.0. The predicted octanol–water partition coefficient (Wildman–Crippen LogP) is 16.3. The van der Waals surface area contributed by atoms with Gasteiger partial charge in [0.2, 0.25) is 0 Å². The van der Waals surface area contributed by atoms with E-state index in [4.69, 9.17) is 14.2 Å². The second kappa shape index (κ2) is 48.0. The average molecular weight is 827 g/mol. The number of carbonyl (C=O) groups excluding carboxylic acids is 3. The summed E-state index contributed by atoms with van der Waals surface area (Å²) in [5.74, 6) is -0.941. The highest BCUT2D eigenvalue weighted by molar-refractivity contribution is 5.71. The fraction of sp³-hybridized carbons (Fsp3) is 0.792. The lowest BCUT2D eigenvalue weighted by Crippen LogP contribution is -2.30. The van der Waals surface area contributed by atoms with Crippen LogP contribution in [-0.4, -0.2) is 37.2 Å². The molecule has 342 valence electrons. The number of unbranched alkanes of at least 4 members (excludes halogenated alkanes) is 26. The summed E-state index contributed by atoms with van der Waals surface area (Å²) >= 11 is 0. The van der Waals surface area contributed by atoms with Crippen molar-refractivity contribution in [3.05, 3.63) is 48.6 Å². The van der Waals surface area contributed by atoms with Crippen molar-refractivity contribution < 1.29 is 28.6 Å². The molecular weight excluding hydrogens is 733 g/mol. The van der Waals surface area contributed by atoms with E-state index in [1.165, 1.54) is 141 Å². The van der Waals surface area contributed by atoms with Gasteiger partial charge in [0.05, 0.1) is 0 Å². The van der Waals surface area contributed by atoms with Gasteiger partial charge < -0.3 is 14.2 Å². The summed E-state index contributed by atoms with van der Waals surface area (Å²) in [7, 11) is 0. The Labute approximate surface area is 365 Å². The maximum absolute atomic E-state index is 12.8. The minimum Gasteiger partial charge on any atom is -0.462 e. The van der Waals surface area contributed by atoms with Gasteiger partial charge in [-0.15, -0.1) is 0 Å². The molecule has 0 saturated heterocycles. The first-order chi connectivity index (χ1) is 29.0. The van der Waals surface area contributed by atoms with Crippen molar-refractivity contribution in [3.63, 3.8) is 0 Å². The van der Waals surface area contributed by atoms with E-state index in [1.807, 2.05) is 0 Å². The second-order valence-corrected chi connectivity index (χ2v) is 16.7. The quantitative estimate of drug-likeness (QED) is 0.0263. The summed E-state index contributed by atoms with van der Waals surface area (Å²) in [5, 5.41) is 0. The van der Waals surface area contributed by atoms with Gasteiger partial charge in [0.1, 0.15) is 13.2 Å². The van der Waals surface area contributed by atoms with Crippen LogP contribution in [0.3, 0.4) is 0 Å². The zero-order valence-electron chi connectivity index (χ0n) is 39.0. The number of allylic oxidation sites excluding steroid dienone is 8. The van der Waals surface area contributed by atoms with E-state index in [0.717, 1.165) is 64.2 Å². The van der Waals surface area contributed by atoms with Crippen LogP contribution in [0.4, 0.5) is 0 Å². The molecule has 0 spiro atoms. The third-order valence-electron chi connectivity index (χ3n) is 10.8. The number of hydrogen-bond donors (Lipinski definition) is 0. The zero-order chi connectivity index (χ0) is 43.0. The van der Waals surface area contributed by atoms with E-state index in [9.17, 15) is 14.4 Å². The Bertz CT molecular complexity index is 1040. The lowest BCUT2D eigenvalue weighted by molar-refractivity contribution is -0.167. The molecule has 0 N–H and O–H groups in total. The van der Waals surface area contributed by atoms with Crippen LogP contribution in [0.1, 0.15) is 252 Å². The van der Waals surface area contributed by atoms with Crippen LogP contribution in [-0.2, 0) is 28.6 Å². The van der Waals surface area contributed by atoms with Crippen molar-refractivity contribution in [2.75, 3.05) is 13.2 Å². The van der Waals surface area contributed by atoms with E-state index < -0.39 is 6.10 Å². The van der Waals surface area contributed by atoms with Gasteiger partial charge in [-0.2, -0.15) is 0 Å². The molecular formula is C53H94O6. The van der Waals surface area contributed by atoms with Crippen molar-refractivity contribution in [1.82, 2.24) is 0 Å². The number of carbonyl (C=O) groups is 3. The first kappa shape index (κ1) is 56.4. The Morgan fingerprint density at radius 1 is 0.339 bits per heavy atom. The molecule has 59 heavy (non-hydrogen) atoms. The molecule has 1 unspecified atom stereocenters. The molecule has 0 aliphatic carbocycles. The third-order valence-corrected chi connectivity index (χ3v) is 10.8. The molecule has 0 amide bonds. The molecule has 6 heteroatoms. The first-order valence-corrected chi connectivity index (χ1v) is 25.1. The fourth-order valence-corrected chi connectivity index (χ4v) is 7.02. The maximum atomic E-state index is 12.8. The van der Waals surface area contributed by atoms with Gasteiger partial charge in [0, 0.05) is 19.3 Å². The van der Waals surface area contributed by atoms with Gasteiger partial charge in [0.25, 0.3) is 0 Å². The Balaban J connectivity index is 4.40. The van der Waals surface area contributed by atoms with Crippen LogP contribution in [0.25, 0.3) is 0 Å². The Hall–Kier alpha value is -2.63. The van der Waals surface area contributed by atoms with E-state index in [1.54, 1.807) is 0 Å². The summed E-state index contributed by atoms with van der Waals surface area (Å²) in [6.07, 6.45) is 56.7. The van der Waals surface area contributed by atoms with E-state index in [0.29, 0.717) is 19.3 Å².